The molecule has 6 heteroatoms. The Morgan fingerprint density at radius 2 is 2.30 bits per heavy atom. The minimum absolute atomic E-state index is 0.0209. The molecule has 1 amide bonds. The Balaban J connectivity index is 1.57. The third-order valence-electron chi connectivity index (χ3n) is 5.57. The van der Waals surface area contributed by atoms with Gasteiger partial charge in [0.25, 0.3) is 0 Å². The minimum Gasteiger partial charge on any atom is -0.316 e. The van der Waals surface area contributed by atoms with Crippen molar-refractivity contribution >= 4 is 5.91 Å². The molecule has 0 radical (unpaired) electrons. The number of hydrogen-bond donors (Lipinski definition) is 1. The number of nitrogens with one attached hydrogen (secondary N) is 1. The number of pyridine rings is 1. The molecule has 4 rings (SSSR count). The molecule has 0 unspecified atom stereocenters. The fourth-order valence-corrected chi connectivity index (χ4v) is 3.93. The smallest absolute Gasteiger partial charge is 0.250 e. The van der Waals surface area contributed by atoms with Crippen LogP contribution in [0.2, 0.25) is 0 Å². The standard InChI is InChI=1S/C17H22FN3O2/c1-11-14(18)8-12(9-20-11)15-3-7-23-21(15)16(22)13-2-6-19-10-17(13)4-5-17/h8-9,13,15,19H,2-7,10H2,1H3/t13-,15-/m0/s1. The van der Waals surface area contributed by atoms with Crippen LogP contribution >= 0.6 is 0 Å². The molecular formula is C17H22FN3O2. The average molecular weight is 319 g/mol. The largest absolute Gasteiger partial charge is 0.316 e. The van der Waals surface area contributed by atoms with Crippen LogP contribution < -0.4 is 5.32 Å². The van der Waals surface area contributed by atoms with Crippen LogP contribution in [-0.2, 0) is 9.63 Å². The third-order valence-corrected chi connectivity index (χ3v) is 5.57. The van der Waals surface area contributed by atoms with E-state index >= 15 is 0 Å². The number of aryl methyl sites for hydroxylation is 1. The minimum atomic E-state index is -0.331. The van der Waals surface area contributed by atoms with Gasteiger partial charge in [-0.2, -0.15) is 0 Å². The molecule has 2 aliphatic heterocycles. The van der Waals surface area contributed by atoms with Gasteiger partial charge in [-0.3, -0.25) is 14.6 Å². The summed E-state index contributed by atoms with van der Waals surface area (Å²) in [5, 5.41) is 4.90. The van der Waals surface area contributed by atoms with Gasteiger partial charge in [0, 0.05) is 25.1 Å². The van der Waals surface area contributed by atoms with Crippen molar-refractivity contribution in [3.63, 3.8) is 0 Å². The topological polar surface area (TPSA) is 54.5 Å². The molecule has 3 fully saturated rings. The van der Waals surface area contributed by atoms with E-state index in [0.29, 0.717) is 18.7 Å². The number of carbonyl (C=O) groups excluding carboxylic acids is 1. The molecule has 0 aromatic carbocycles. The van der Waals surface area contributed by atoms with Gasteiger partial charge in [0.1, 0.15) is 5.82 Å². The lowest BCUT2D eigenvalue weighted by Crippen LogP contribution is -2.46. The summed E-state index contributed by atoms with van der Waals surface area (Å²) in [6, 6.07) is 1.26. The molecule has 1 aromatic rings. The van der Waals surface area contributed by atoms with Gasteiger partial charge in [-0.1, -0.05) is 0 Å². The van der Waals surface area contributed by atoms with E-state index in [-0.39, 0.29) is 29.1 Å². The second-order valence-electron chi connectivity index (χ2n) is 7.02. The molecule has 2 atom stereocenters. The first-order valence-electron chi connectivity index (χ1n) is 8.39. The molecule has 3 aliphatic rings. The number of hydrogen-bond acceptors (Lipinski definition) is 4. The maximum absolute atomic E-state index is 13.8. The first-order chi connectivity index (χ1) is 11.1. The number of rotatable bonds is 2. The van der Waals surface area contributed by atoms with E-state index in [0.717, 1.165) is 37.9 Å². The van der Waals surface area contributed by atoms with E-state index in [9.17, 15) is 9.18 Å². The lowest BCUT2D eigenvalue weighted by molar-refractivity contribution is -0.185. The third kappa shape index (κ3) is 2.54. The number of nitrogens with zero attached hydrogens (tertiary/aromatic N) is 2. The van der Waals surface area contributed by atoms with Gasteiger partial charge >= 0.3 is 0 Å². The summed E-state index contributed by atoms with van der Waals surface area (Å²) in [4.78, 5) is 22.8. The zero-order valence-corrected chi connectivity index (χ0v) is 13.3. The normalized spacial score (nSPS) is 29.0. The predicted molar refractivity (Wildman–Crippen MR) is 81.7 cm³/mol. The van der Waals surface area contributed by atoms with E-state index < -0.39 is 0 Å². The maximum atomic E-state index is 13.8. The average Bonchev–Trinajstić information content (AvgIpc) is 3.13. The number of halogens is 1. The van der Waals surface area contributed by atoms with Gasteiger partial charge in [0.15, 0.2) is 0 Å². The van der Waals surface area contributed by atoms with E-state index in [1.165, 1.54) is 11.1 Å². The van der Waals surface area contributed by atoms with Crippen LogP contribution in [0.15, 0.2) is 12.3 Å². The van der Waals surface area contributed by atoms with Gasteiger partial charge < -0.3 is 5.32 Å². The molecule has 1 aliphatic carbocycles. The summed E-state index contributed by atoms with van der Waals surface area (Å²) in [5.41, 5.74) is 1.22. The van der Waals surface area contributed by atoms with Gasteiger partial charge in [0.05, 0.1) is 18.3 Å². The van der Waals surface area contributed by atoms with E-state index in [2.05, 4.69) is 10.3 Å². The molecule has 5 nitrogen and oxygen atoms in total. The highest BCUT2D eigenvalue weighted by molar-refractivity contribution is 5.80. The number of amides is 1. The molecule has 1 aromatic heterocycles. The number of aromatic nitrogens is 1. The number of piperidine rings is 1. The Kier molecular flexibility index (Phi) is 3.61. The quantitative estimate of drug-likeness (QED) is 0.907. The Morgan fingerprint density at radius 3 is 3.04 bits per heavy atom. The molecule has 1 spiro atoms. The van der Waals surface area contributed by atoms with Gasteiger partial charge in [-0.25, -0.2) is 9.45 Å². The summed E-state index contributed by atoms with van der Waals surface area (Å²) >= 11 is 0. The van der Waals surface area contributed by atoms with Crippen LogP contribution in [0.5, 0.6) is 0 Å². The van der Waals surface area contributed by atoms with E-state index in [1.807, 2.05) is 0 Å². The lowest BCUT2D eigenvalue weighted by Gasteiger charge is -2.35. The zero-order valence-electron chi connectivity index (χ0n) is 13.3. The van der Waals surface area contributed by atoms with Crippen molar-refractivity contribution in [1.82, 2.24) is 15.4 Å². The Hall–Kier alpha value is -1.53. The number of carbonyl (C=O) groups is 1. The van der Waals surface area contributed by atoms with Crippen molar-refractivity contribution in [2.45, 2.75) is 38.6 Å². The summed E-state index contributed by atoms with van der Waals surface area (Å²) in [5.74, 6) is -0.248. The monoisotopic (exact) mass is 319 g/mol. The molecule has 2 saturated heterocycles. The Morgan fingerprint density at radius 1 is 1.48 bits per heavy atom. The summed E-state index contributed by atoms with van der Waals surface area (Å²) in [6.45, 7) is 3.92. The lowest BCUT2D eigenvalue weighted by atomic mass is 9.82. The second-order valence-corrected chi connectivity index (χ2v) is 7.02. The molecule has 1 N–H and O–H groups in total. The molecular weight excluding hydrogens is 297 g/mol. The molecule has 124 valence electrons. The highest BCUT2D eigenvalue weighted by Gasteiger charge is 2.55. The van der Waals surface area contributed by atoms with Crippen molar-refractivity contribution < 1.29 is 14.0 Å². The Labute approximate surface area is 135 Å². The zero-order chi connectivity index (χ0) is 16.0. The second kappa shape index (κ2) is 5.53. The highest BCUT2D eigenvalue weighted by atomic mass is 19.1. The fraction of sp³-hybridized carbons (Fsp3) is 0.647. The molecule has 23 heavy (non-hydrogen) atoms. The molecule has 3 heterocycles. The highest BCUT2D eigenvalue weighted by Crippen LogP contribution is 2.55. The van der Waals surface area contributed by atoms with Crippen LogP contribution in [0.25, 0.3) is 0 Å². The van der Waals surface area contributed by atoms with Crippen LogP contribution in [0, 0.1) is 24.1 Å². The maximum Gasteiger partial charge on any atom is 0.250 e. The van der Waals surface area contributed by atoms with Gasteiger partial charge in [-0.05, 0) is 49.8 Å². The van der Waals surface area contributed by atoms with Crippen molar-refractivity contribution in [2.75, 3.05) is 19.7 Å². The van der Waals surface area contributed by atoms with E-state index in [4.69, 9.17) is 4.84 Å². The number of hydroxylamine groups is 2. The summed E-state index contributed by atoms with van der Waals surface area (Å²) < 4.78 is 13.8. The van der Waals surface area contributed by atoms with Crippen LogP contribution in [0.3, 0.4) is 0 Å². The van der Waals surface area contributed by atoms with Crippen LogP contribution in [-0.4, -0.2) is 35.7 Å². The van der Waals surface area contributed by atoms with Gasteiger partial charge in [0.2, 0.25) is 5.91 Å². The Bertz CT molecular complexity index is 632. The molecule has 1 saturated carbocycles. The predicted octanol–water partition coefficient (Wildman–Crippen LogP) is 2.12. The van der Waals surface area contributed by atoms with E-state index in [1.54, 1.807) is 13.1 Å². The fourth-order valence-electron chi connectivity index (χ4n) is 3.93. The first-order valence-corrected chi connectivity index (χ1v) is 8.39. The molecule has 0 bridgehead atoms. The van der Waals surface area contributed by atoms with Gasteiger partial charge in [-0.15, -0.1) is 0 Å². The van der Waals surface area contributed by atoms with Crippen molar-refractivity contribution in [3.05, 3.63) is 29.3 Å². The van der Waals surface area contributed by atoms with Crippen molar-refractivity contribution in [3.8, 4) is 0 Å². The first kappa shape index (κ1) is 15.0. The SMILES string of the molecule is Cc1ncc([C@@H]2CCON2C(=O)[C@@H]2CCNCC23CC3)cc1F. The van der Waals surface area contributed by atoms with Crippen LogP contribution in [0.4, 0.5) is 4.39 Å². The summed E-state index contributed by atoms with van der Waals surface area (Å²) in [6.07, 6.45) is 5.42. The summed E-state index contributed by atoms with van der Waals surface area (Å²) in [7, 11) is 0. The van der Waals surface area contributed by atoms with Crippen molar-refractivity contribution in [1.29, 1.82) is 0 Å². The van der Waals surface area contributed by atoms with Crippen molar-refractivity contribution in [2.24, 2.45) is 11.3 Å². The van der Waals surface area contributed by atoms with Crippen LogP contribution in [0.1, 0.15) is 43.0 Å².